The van der Waals surface area contributed by atoms with Crippen LogP contribution in [0.3, 0.4) is 0 Å². The van der Waals surface area contributed by atoms with Crippen molar-refractivity contribution in [1.82, 2.24) is 0 Å². The van der Waals surface area contributed by atoms with Gasteiger partial charge in [0.05, 0.1) is 11.2 Å². The first-order valence-electron chi connectivity index (χ1n) is 11.1. The molecule has 0 atom stereocenters. The zero-order valence-corrected chi connectivity index (χ0v) is 18.8. The monoisotopic (exact) mass is 420 g/mol. The topological polar surface area (TPSA) is 31.6 Å². The number of furan rings is 1. The molecule has 1 aromatic heterocycles. The molecular formula is C28H25BO3. The highest BCUT2D eigenvalue weighted by molar-refractivity contribution is 6.62. The highest BCUT2D eigenvalue weighted by atomic mass is 16.7. The van der Waals surface area contributed by atoms with Crippen LogP contribution in [0.2, 0.25) is 0 Å². The molecule has 32 heavy (non-hydrogen) atoms. The van der Waals surface area contributed by atoms with E-state index in [9.17, 15) is 0 Å². The molecule has 5 aromatic rings. The molecule has 6 rings (SSSR count). The first-order valence-corrected chi connectivity index (χ1v) is 11.1. The second-order valence-corrected chi connectivity index (χ2v) is 9.65. The van der Waals surface area contributed by atoms with Crippen LogP contribution in [0.4, 0.5) is 0 Å². The van der Waals surface area contributed by atoms with Gasteiger partial charge in [0.2, 0.25) is 0 Å². The van der Waals surface area contributed by atoms with Gasteiger partial charge in [-0.2, -0.15) is 0 Å². The molecule has 3 nitrogen and oxygen atoms in total. The van der Waals surface area contributed by atoms with Crippen LogP contribution in [-0.4, -0.2) is 18.3 Å². The van der Waals surface area contributed by atoms with Crippen molar-refractivity contribution in [2.24, 2.45) is 0 Å². The van der Waals surface area contributed by atoms with Crippen LogP contribution in [0.5, 0.6) is 0 Å². The van der Waals surface area contributed by atoms with Gasteiger partial charge in [-0.1, -0.05) is 66.7 Å². The van der Waals surface area contributed by atoms with Crippen molar-refractivity contribution in [2.75, 3.05) is 0 Å². The number of hydrogen-bond acceptors (Lipinski definition) is 3. The van der Waals surface area contributed by atoms with E-state index in [4.69, 9.17) is 13.7 Å². The van der Waals surface area contributed by atoms with Crippen LogP contribution in [0.15, 0.2) is 83.3 Å². The third kappa shape index (κ3) is 2.83. The predicted molar refractivity (Wildman–Crippen MR) is 132 cm³/mol. The van der Waals surface area contributed by atoms with Gasteiger partial charge in [0.1, 0.15) is 11.2 Å². The average Bonchev–Trinajstić information content (AvgIpc) is 3.26. The van der Waals surface area contributed by atoms with E-state index in [1.165, 1.54) is 10.8 Å². The molecule has 1 aliphatic heterocycles. The lowest BCUT2D eigenvalue weighted by Gasteiger charge is -2.32. The van der Waals surface area contributed by atoms with Gasteiger partial charge in [0.25, 0.3) is 0 Å². The van der Waals surface area contributed by atoms with Gasteiger partial charge in [0.15, 0.2) is 0 Å². The molecule has 158 valence electrons. The minimum Gasteiger partial charge on any atom is -0.456 e. The zero-order valence-electron chi connectivity index (χ0n) is 18.8. The molecule has 1 saturated heterocycles. The summed E-state index contributed by atoms with van der Waals surface area (Å²) in [5, 5.41) is 4.63. The summed E-state index contributed by atoms with van der Waals surface area (Å²) in [6, 6.07) is 27.4. The van der Waals surface area contributed by atoms with Crippen LogP contribution >= 0.6 is 0 Å². The maximum absolute atomic E-state index is 6.39. The highest BCUT2D eigenvalue weighted by Gasteiger charge is 2.51. The van der Waals surface area contributed by atoms with Crippen molar-refractivity contribution in [3.63, 3.8) is 0 Å². The average molecular weight is 420 g/mol. The summed E-state index contributed by atoms with van der Waals surface area (Å²) >= 11 is 0. The van der Waals surface area contributed by atoms with Crippen LogP contribution in [0, 0.1) is 0 Å². The lowest BCUT2D eigenvalue weighted by Crippen LogP contribution is -2.41. The Labute approximate surface area is 188 Å². The predicted octanol–water partition coefficient (Wildman–Crippen LogP) is 6.71. The summed E-state index contributed by atoms with van der Waals surface area (Å²) in [6.07, 6.45) is 0. The van der Waals surface area contributed by atoms with Crippen LogP contribution in [0.1, 0.15) is 27.7 Å². The molecule has 4 heteroatoms. The van der Waals surface area contributed by atoms with Gasteiger partial charge in [-0.05, 0) is 67.2 Å². The first-order chi connectivity index (χ1) is 15.3. The van der Waals surface area contributed by atoms with Gasteiger partial charge in [-0.3, -0.25) is 0 Å². The third-order valence-electron chi connectivity index (χ3n) is 7.10. The normalized spacial score (nSPS) is 17.6. The Morgan fingerprint density at radius 1 is 0.625 bits per heavy atom. The van der Waals surface area contributed by atoms with Crippen LogP contribution in [0.25, 0.3) is 43.8 Å². The molecule has 0 saturated carbocycles. The number of rotatable bonds is 2. The van der Waals surface area contributed by atoms with Crippen LogP contribution in [-0.2, 0) is 9.31 Å². The van der Waals surface area contributed by atoms with E-state index in [1.54, 1.807) is 0 Å². The molecular weight excluding hydrogens is 395 g/mol. The lowest BCUT2D eigenvalue weighted by molar-refractivity contribution is 0.00578. The van der Waals surface area contributed by atoms with Gasteiger partial charge < -0.3 is 13.7 Å². The quantitative estimate of drug-likeness (QED) is 0.298. The molecule has 2 heterocycles. The van der Waals surface area contributed by atoms with E-state index in [0.717, 1.165) is 38.5 Å². The van der Waals surface area contributed by atoms with Crippen molar-refractivity contribution in [3.05, 3.63) is 78.9 Å². The zero-order chi connectivity index (χ0) is 22.1. The largest absolute Gasteiger partial charge is 0.494 e. The number of hydrogen-bond donors (Lipinski definition) is 0. The van der Waals surface area contributed by atoms with Gasteiger partial charge >= 0.3 is 7.12 Å². The van der Waals surface area contributed by atoms with Crippen molar-refractivity contribution < 1.29 is 13.7 Å². The van der Waals surface area contributed by atoms with Crippen molar-refractivity contribution in [2.45, 2.75) is 38.9 Å². The van der Waals surface area contributed by atoms with E-state index in [1.807, 2.05) is 18.2 Å². The molecule has 0 spiro atoms. The summed E-state index contributed by atoms with van der Waals surface area (Å²) in [6.45, 7) is 8.36. The summed E-state index contributed by atoms with van der Waals surface area (Å²) in [7, 11) is -0.413. The standard InChI is InChI=1S/C28H25BO3/c1-27(2)28(3,4)32-29(31-27)19-16-18-10-5-6-11-20(18)23(17-19)21-13-9-15-25-26(21)22-12-7-8-14-24(22)30-25/h5-17H,1-4H3. The maximum Gasteiger partial charge on any atom is 0.494 e. The Bertz CT molecular complexity index is 1480. The summed E-state index contributed by atoms with van der Waals surface area (Å²) in [5.41, 5.74) is 4.37. The van der Waals surface area contributed by atoms with Crippen molar-refractivity contribution in [1.29, 1.82) is 0 Å². The molecule has 0 bridgehead atoms. The van der Waals surface area contributed by atoms with Crippen LogP contribution < -0.4 is 5.46 Å². The molecule has 1 fully saturated rings. The molecule has 0 N–H and O–H groups in total. The number of benzene rings is 4. The van der Waals surface area contributed by atoms with Gasteiger partial charge in [0, 0.05) is 10.8 Å². The second kappa shape index (κ2) is 6.71. The van der Waals surface area contributed by atoms with Gasteiger partial charge in [-0.25, -0.2) is 0 Å². The Balaban J connectivity index is 1.63. The lowest BCUT2D eigenvalue weighted by atomic mass is 9.76. The Morgan fingerprint density at radius 2 is 1.28 bits per heavy atom. The fourth-order valence-corrected chi connectivity index (χ4v) is 4.67. The van der Waals surface area contributed by atoms with E-state index < -0.39 is 7.12 Å². The Morgan fingerprint density at radius 3 is 2.06 bits per heavy atom. The second-order valence-electron chi connectivity index (χ2n) is 9.65. The summed E-state index contributed by atoms with van der Waals surface area (Å²) < 4.78 is 18.9. The number of para-hydroxylation sites is 1. The van der Waals surface area contributed by atoms with Crippen molar-refractivity contribution >= 4 is 45.3 Å². The molecule has 0 unspecified atom stereocenters. The summed E-state index contributed by atoms with van der Waals surface area (Å²) in [4.78, 5) is 0. The molecule has 0 radical (unpaired) electrons. The number of fused-ring (bicyclic) bond motifs is 4. The minimum absolute atomic E-state index is 0.385. The van der Waals surface area contributed by atoms with Crippen molar-refractivity contribution in [3.8, 4) is 11.1 Å². The fourth-order valence-electron chi connectivity index (χ4n) is 4.67. The minimum atomic E-state index is -0.413. The molecule has 1 aliphatic rings. The Kier molecular flexibility index (Phi) is 4.11. The SMILES string of the molecule is CC1(C)OB(c2cc(-c3cccc4oc5ccccc5c34)c3ccccc3c2)OC1(C)C. The molecule has 0 aliphatic carbocycles. The molecule has 0 amide bonds. The van der Waals surface area contributed by atoms with E-state index in [2.05, 4.69) is 88.4 Å². The highest BCUT2D eigenvalue weighted by Crippen LogP contribution is 2.40. The smallest absolute Gasteiger partial charge is 0.456 e. The third-order valence-corrected chi connectivity index (χ3v) is 7.10. The van der Waals surface area contributed by atoms with E-state index >= 15 is 0 Å². The maximum atomic E-state index is 6.39. The fraction of sp³-hybridized carbons (Fsp3) is 0.214. The van der Waals surface area contributed by atoms with Gasteiger partial charge in [-0.15, -0.1) is 0 Å². The van der Waals surface area contributed by atoms with E-state index in [0.29, 0.717) is 0 Å². The molecule has 4 aromatic carbocycles. The summed E-state index contributed by atoms with van der Waals surface area (Å²) in [5.74, 6) is 0. The first kappa shape index (κ1) is 19.6. The Hall–Kier alpha value is -3.08. The van der Waals surface area contributed by atoms with E-state index in [-0.39, 0.29) is 11.2 Å².